The Morgan fingerprint density at radius 2 is 2.16 bits per heavy atom. The van der Waals surface area contributed by atoms with Gasteiger partial charge in [-0.1, -0.05) is 19.1 Å². The van der Waals surface area contributed by atoms with Crippen molar-refractivity contribution in [2.45, 2.75) is 6.92 Å². The Kier molecular flexibility index (Phi) is 5.64. The van der Waals surface area contributed by atoms with Crippen LogP contribution in [0.25, 0.3) is 0 Å². The van der Waals surface area contributed by atoms with Gasteiger partial charge in [0, 0.05) is 18.7 Å². The minimum atomic E-state index is -3.31. The highest BCUT2D eigenvalue weighted by Crippen LogP contribution is 2.15. The first kappa shape index (κ1) is 15.8. The minimum absolute atomic E-state index is 0.110. The number of anilines is 1. The number of hydrogen-bond acceptors (Lipinski definition) is 4. The molecule has 0 aliphatic rings. The Balaban J connectivity index is 2.62. The second-order valence-electron chi connectivity index (χ2n) is 3.80. The fourth-order valence-electron chi connectivity index (χ4n) is 1.42. The molecule has 1 rings (SSSR count). The lowest BCUT2D eigenvalue weighted by Crippen LogP contribution is -2.29. The molecular formula is C11H16FN3O2S2. The molecule has 5 nitrogen and oxygen atoms in total. The van der Waals surface area contributed by atoms with Crippen molar-refractivity contribution in [1.29, 1.82) is 0 Å². The summed E-state index contributed by atoms with van der Waals surface area (Å²) in [6.07, 6.45) is 0. The predicted octanol–water partition coefficient (Wildman–Crippen LogP) is 0.811. The van der Waals surface area contributed by atoms with Gasteiger partial charge in [0.25, 0.3) is 0 Å². The van der Waals surface area contributed by atoms with Gasteiger partial charge in [-0.15, -0.1) is 0 Å². The van der Waals surface area contributed by atoms with Crippen molar-refractivity contribution in [3.63, 3.8) is 0 Å². The van der Waals surface area contributed by atoms with E-state index in [1.165, 1.54) is 12.1 Å². The molecule has 0 saturated carbocycles. The summed E-state index contributed by atoms with van der Waals surface area (Å²) in [6, 6.07) is 4.26. The van der Waals surface area contributed by atoms with Crippen molar-refractivity contribution in [2.75, 3.05) is 24.2 Å². The second kappa shape index (κ2) is 6.78. The van der Waals surface area contributed by atoms with Crippen LogP contribution in [-0.2, 0) is 10.0 Å². The van der Waals surface area contributed by atoms with Gasteiger partial charge in [0.1, 0.15) is 10.8 Å². The molecule has 0 atom stereocenters. The van der Waals surface area contributed by atoms with E-state index in [1.54, 1.807) is 13.0 Å². The molecule has 8 heteroatoms. The zero-order chi connectivity index (χ0) is 14.5. The van der Waals surface area contributed by atoms with E-state index in [0.29, 0.717) is 12.1 Å². The van der Waals surface area contributed by atoms with E-state index in [-0.39, 0.29) is 23.0 Å². The molecule has 0 radical (unpaired) electrons. The summed E-state index contributed by atoms with van der Waals surface area (Å²) >= 11 is 4.73. The molecule has 1 aromatic carbocycles. The van der Waals surface area contributed by atoms with Crippen LogP contribution < -0.4 is 15.8 Å². The third-order valence-electron chi connectivity index (χ3n) is 2.30. The fourth-order valence-corrected chi connectivity index (χ4v) is 2.51. The number of benzene rings is 1. The van der Waals surface area contributed by atoms with Gasteiger partial charge < -0.3 is 11.1 Å². The van der Waals surface area contributed by atoms with Gasteiger partial charge in [-0.05, 0) is 18.2 Å². The molecule has 0 saturated heterocycles. The number of hydrogen-bond donors (Lipinski definition) is 3. The Hall–Kier alpha value is -1.25. The first-order valence-corrected chi connectivity index (χ1v) is 7.72. The van der Waals surface area contributed by atoms with Crippen molar-refractivity contribution in [1.82, 2.24) is 4.72 Å². The van der Waals surface area contributed by atoms with Crippen molar-refractivity contribution in [3.05, 3.63) is 29.6 Å². The molecule has 106 valence electrons. The van der Waals surface area contributed by atoms with E-state index in [0.717, 1.165) is 0 Å². The standard InChI is InChI=1S/C11H16FN3O2S2/c1-2-15-19(16,17)6-5-14-10-4-3-8(11(13)18)7-9(10)12/h3-4,7,14-15H,2,5-6H2,1H3,(H2,13,18). The van der Waals surface area contributed by atoms with E-state index in [4.69, 9.17) is 18.0 Å². The van der Waals surface area contributed by atoms with Gasteiger partial charge in [-0.2, -0.15) is 0 Å². The summed E-state index contributed by atoms with van der Waals surface area (Å²) < 4.78 is 38.7. The maximum Gasteiger partial charge on any atom is 0.213 e. The van der Waals surface area contributed by atoms with Gasteiger partial charge in [0.15, 0.2) is 0 Å². The van der Waals surface area contributed by atoms with Gasteiger partial charge in [0.05, 0.1) is 11.4 Å². The zero-order valence-corrected chi connectivity index (χ0v) is 12.1. The van der Waals surface area contributed by atoms with Crippen LogP contribution in [0.3, 0.4) is 0 Å². The lowest BCUT2D eigenvalue weighted by molar-refractivity contribution is 0.584. The summed E-state index contributed by atoms with van der Waals surface area (Å²) in [5.74, 6) is -0.650. The molecule has 0 aliphatic carbocycles. The van der Waals surface area contributed by atoms with Crippen LogP contribution >= 0.6 is 12.2 Å². The predicted molar refractivity (Wildman–Crippen MR) is 78.2 cm³/mol. The Bertz CT molecular complexity index is 561. The summed E-state index contributed by atoms with van der Waals surface area (Å²) in [6.45, 7) is 2.14. The molecule has 0 amide bonds. The molecule has 0 fully saturated rings. The number of rotatable bonds is 7. The van der Waals surface area contributed by atoms with Crippen LogP contribution in [0.5, 0.6) is 0 Å². The Morgan fingerprint density at radius 3 is 2.68 bits per heavy atom. The van der Waals surface area contributed by atoms with Crippen LogP contribution in [-0.4, -0.2) is 32.2 Å². The normalized spacial score (nSPS) is 11.3. The molecule has 0 unspecified atom stereocenters. The van der Waals surface area contributed by atoms with Crippen LogP contribution in [0.1, 0.15) is 12.5 Å². The first-order valence-electron chi connectivity index (χ1n) is 5.66. The molecule has 19 heavy (non-hydrogen) atoms. The first-order chi connectivity index (χ1) is 8.85. The molecule has 4 N–H and O–H groups in total. The van der Waals surface area contributed by atoms with Crippen LogP contribution in [0.15, 0.2) is 18.2 Å². The Labute approximate surface area is 117 Å². The highest BCUT2D eigenvalue weighted by molar-refractivity contribution is 7.89. The van der Waals surface area contributed by atoms with Gasteiger partial charge in [-0.3, -0.25) is 0 Å². The van der Waals surface area contributed by atoms with Crippen LogP contribution in [0, 0.1) is 5.82 Å². The van der Waals surface area contributed by atoms with E-state index < -0.39 is 15.8 Å². The molecular weight excluding hydrogens is 289 g/mol. The maximum absolute atomic E-state index is 13.6. The molecule has 0 aliphatic heterocycles. The molecule has 0 bridgehead atoms. The van der Waals surface area contributed by atoms with Gasteiger partial charge in [0.2, 0.25) is 10.0 Å². The van der Waals surface area contributed by atoms with Gasteiger partial charge >= 0.3 is 0 Å². The Morgan fingerprint density at radius 1 is 1.47 bits per heavy atom. The number of nitrogens with one attached hydrogen (secondary N) is 2. The van der Waals surface area contributed by atoms with Crippen molar-refractivity contribution >= 4 is 32.9 Å². The fraction of sp³-hybridized carbons (Fsp3) is 0.364. The van der Waals surface area contributed by atoms with Gasteiger partial charge in [-0.25, -0.2) is 17.5 Å². The smallest absolute Gasteiger partial charge is 0.213 e. The average Bonchev–Trinajstić information content (AvgIpc) is 2.30. The van der Waals surface area contributed by atoms with Crippen molar-refractivity contribution < 1.29 is 12.8 Å². The molecule has 0 heterocycles. The second-order valence-corrected chi connectivity index (χ2v) is 6.17. The largest absolute Gasteiger partial charge is 0.389 e. The van der Waals surface area contributed by atoms with Crippen LogP contribution in [0.2, 0.25) is 0 Å². The topological polar surface area (TPSA) is 84.2 Å². The van der Waals surface area contributed by atoms with E-state index in [9.17, 15) is 12.8 Å². The zero-order valence-electron chi connectivity index (χ0n) is 10.4. The average molecular weight is 305 g/mol. The summed E-state index contributed by atoms with van der Waals surface area (Å²) in [4.78, 5) is 0.111. The molecule has 1 aromatic rings. The summed E-state index contributed by atoms with van der Waals surface area (Å²) in [5, 5.41) is 2.72. The molecule has 0 aromatic heterocycles. The summed E-state index contributed by atoms with van der Waals surface area (Å²) in [5.41, 5.74) is 6.02. The summed E-state index contributed by atoms with van der Waals surface area (Å²) in [7, 11) is -3.31. The maximum atomic E-state index is 13.6. The minimum Gasteiger partial charge on any atom is -0.389 e. The third-order valence-corrected chi connectivity index (χ3v) is 4.01. The highest BCUT2D eigenvalue weighted by atomic mass is 32.2. The van der Waals surface area contributed by atoms with E-state index in [2.05, 4.69) is 10.0 Å². The molecule has 0 spiro atoms. The number of thiocarbonyl (C=S) groups is 1. The lowest BCUT2D eigenvalue weighted by atomic mass is 10.2. The number of nitrogens with two attached hydrogens (primary N) is 1. The lowest BCUT2D eigenvalue weighted by Gasteiger charge is -2.09. The highest BCUT2D eigenvalue weighted by Gasteiger charge is 2.09. The van der Waals surface area contributed by atoms with Crippen LogP contribution in [0.4, 0.5) is 10.1 Å². The van der Waals surface area contributed by atoms with Crippen molar-refractivity contribution in [2.24, 2.45) is 5.73 Å². The number of sulfonamides is 1. The quantitative estimate of drug-likeness (QED) is 0.649. The number of halogens is 1. The van der Waals surface area contributed by atoms with Crippen molar-refractivity contribution in [3.8, 4) is 0 Å². The monoisotopic (exact) mass is 305 g/mol. The van der Waals surface area contributed by atoms with E-state index in [1.807, 2.05) is 0 Å². The third kappa shape index (κ3) is 5.09. The SMILES string of the molecule is CCNS(=O)(=O)CCNc1ccc(C(N)=S)cc1F. The van der Waals surface area contributed by atoms with E-state index >= 15 is 0 Å².